The molecule has 2 heterocycles. The van der Waals surface area contributed by atoms with Crippen LogP contribution >= 0.6 is 0 Å². The molecule has 18 heavy (non-hydrogen) atoms. The minimum Gasteiger partial charge on any atom is -0.444 e. The zero-order chi connectivity index (χ0) is 13.2. The highest BCUT2D eigenvalue weighted by molar-refractivity contribution is 5.69. The Morgan fingerprint density at radius 1 is 1.33 bits per heavy atom. The van der Waals surface area contributed by atoms with Crippen molar-refractivity contribution < 1.29 is 14.3 Å². The van der Waals surface area contributed by atoms with E-state index in [0.29, 0.717) is 12.1 Å². The van der Waals surface area contributed by atoms with Gasteiger partial charge in [0.15, 0.2) is 0 Å². The number of rotatable bonds is 2. The number of carbonyl (C=O) groups is 1. The van der Waals surface area contributed by atoms with Gasteiger partial charge in [0.05, 0.1) is 6.61 Å². The first-order chi connectivity index (χ1) is 8.44. The highest BCUT2D eigenvalue weighted by atomic mass is 16.6. The molecule has 0 radical (unpaired) electrons. The molecule has 0 aromatic carbocycles. The Balaban J connectivity index is 1.65. The molecule has 1 N–H and O–H groups in total. The topological polar surface area (TPSA) is 50.8 Å². The zero-order valence-electron chi connectivity index (χ0n) is 11.6. The largest absolute Gasteiger partial charge is 0.444 e. The van der Waals surface area contributed by atoms with Crippen molar-refractivity contribution in [3.05, 3.63) is 0 Å². The summed E-state index contributed by atoms with van der Waals surface area (Å²) in [5, 5.41) is 3.53. The second-order valence-corrected chi connectivity index (χ2v) is 6.16. The summed E-state index contributed by atoms with van der Waals surface area (Å²) in [6.45, 7) is 8.83. The number of nitrogens with one attached hydrogen (secondary N) is 1. The summed E-state index contributed by atoms with van der Waals surface area (Å²) in [6, 6.07) is 0.841. The van der Waals surface area contributed by atoms with Gasteiger partial charge in [0.2, 0.25) is 0 Å². The second-order valence-electron chi connectivity index (χ2n) is 6.16. The van der Waals surface area contributed by atoms with E-state index in [-0.39, 0.29) is 6.09 Å². The zero-order valence-corrected chi connectivity index (χ0v) is 11.6. The molecule has 1 amide bonds. The van der Waals surface area contributed by atoms with E-state index in [2.05, 4.69) is 5.32 Å². The lowest BCUT2D eigenvalue weighted by atomic mass is 10.1. The van der Waals surface area contributed by atoms with Crippen molar-refractivity contribution in [1.82, 2.24) is 10.2 Å². The number of hydrogen-bond acceptors (Lipinski definition) is 4. The van der Waals surface area contributed by atoms with Gasteiger partial charge in [-0.05, 0) is 33.6 Å². The highest BCUT2D eigenvalue weighted by Gasteiger charge is 2.34. The van der Waals surface area contributed by atoms with Crippen molar-refractivity contribution >= 4 is 6.09 Å². The highest BCUT2D eigenvalue weighted by Crippen LogP contribution is 2.16. The number of hydrogen-bond donors (Lipinski definition) is 1. The summed E-state index contributed by atoms with van der Waals surface area (Å²) >= 11 is 0. The lowest BCUT2D eigenvalue weighted by Gasteiger charge is -2.42. The minimum atomic E-state index is -0.410. The predicted molar refractivity (Wildman–Crippen MR) is 68.6 cm³/mol. The van der Waals surface area contributed by atoms with Gasteiger partial charge >= 0.3 is 6.09 Å². The van der Waals surface area contributed by atoms with Gasteiger partial charge in [-0.15, -0.1) is 0 Å². The Morgan fingerprint density at radius 2 is 2.06 bits per heavy atom. The molecule has 2 fully saturated rings. The van der Waals surface area contributed by atoms with Crippen LogP contribution in [-0.4, -0.2) is 55.0 Å². The molecular formula is C13H24N2O3. The van der Waals surface area contributed by atoms with Gasteiger partial charge in [0.25, 0.3) is 0 Å². The fourth-order valence-electron chi connectivity index (χ4n) is 2.27. The second kappa shape index (κ2) is 5.45. The van der Waals surface area contributed by atoms with E-state index >= 15 is 0 Å². The molecule has 5 heteroatoms. The third kappa shape index (κ3) is 3.85. The third-order valence-electron chi connectivity index (χ3n) is 3.16. The molecule has 2 rings (SSSR count). The van der Waals surface area contributed by atoms with Crippen molar-refractivity contribution in [2.45, 2.75) is 51.3 Å². The molecule has 0 saturated carbocycles. The van der Waals surface area contributed by atoms with E-state index < -0.39 is 5.60 Å². The summed E-state index contributed by atoms with van der Waals surface area (Å²) < 4.78 is 10.7. The molecule has 1 unspecified atom stereocenters. The SMILES string of the molecule is CC(C)(C)OC(=O)N1CC(NC2CCCOC2)C1. The quantitative estimate of drug-likeness (QED) is 0.811. The van der Waals surface area contributed by atoms with Crippen molar-refractivity contribution in [1.29, 1.82) is 0 Å². The number of ether oxygens (including phenoxy) is 2. The first kappa shape index (κ1) is 13.6. The monoisotopic (exact) mass is 256 g/mol. The van der Waals surface area contributed by atoms with E-state index in [1.165, 1.54) is 6.42 Å². The van der Waals surface area contributed by atoms with Crippen LogP contribution in [0.3, 0.4) is 0 Å². The molecule has 2 saturated heterocycles. The van der Waals surface area contributed by atoms with Crippen molar-refractivity contribution in [2.24, 2.45) is 0 Å². The molecule has 0 aromatic heterocycles. The summed E-state index contributed by atoms with van der Waals surface area (Å²) in [6.07, 6.45) is 2.09. The summed E-state index contributed by atoms with van der Waals surface area (Å²) in [7, 11) is 0. The number of nitrogens with zero attached hydrogens (tertiary/aromatic N) is 1. The fraction of sp³-hybridized carbons (Fsp3) is 0.923. The van der Waals surface area contributed by atoms with Gasteiger partial charge < -0.3 is 19.7 Å². The maximum Gasteiger partial charge on any atom is 0.410 e. The Labute approximate surface area is 109 Å². The Morgan fingerprint density at radius 3 is 2.61 bits per heavy atom. The predicted octanol–water partition coefficient (Wildman–Crippen LogP) is 1.37. The normalized spacial score (nSPS) is 25.7. The van der Waals surface area contributed by atoms with Gasteiger partial charge in [-0.25, -0.2) is 4.79 Å². The van der Waals surface area contributed by atoms with Gasteiger partial charge in [0.1, 0.15) is 5.60 Å². The van der Waals surface area contributed by atoms with Gasteiger partial charge in [0, 0.05) is 31.8 Å². The maximum atomic E-state index is 11.7. The van der Waals surface area contributed by atoms with Crippen LogP contribution in [0.4, 0.5) is 4.79 Å². The third-order valence-corrected chi connectivity index (χ3v) is 3.16. The van der Waals surface area contributed by atoms with E-state index in [1.807, 2.05) is 20.8 Å². The number of likely N-dealkylation sites (tertiary alicyclic amines) is 1. The fourth-order valence-corrected chi connectivity index (χ4v) is 2.27. The van der Waals surface area contributed by atoms with Gasteiger partial charge in [-0.1, -0.05) is 0 Å². The molecule has 5 nitrogen and oxygen atoms in total. The van der Waals surface area contributed by atoms with Gasteiger partial charge in [-0.2, -0.15) is 0 Å². The van der Waals surface area contributed by atoms with E-state index in [9.17, 15) is 4.79 Å². The molecule has 0 aliphatic carbocycles. The van der Waals surface area contributed by atoms with Crippen LogP contribution in [0.1, 0.15) is 33.6 Å². The van der Waals surface area contributed by atoms with Crippen molar-refractivity contribution in [3.63, 3.8) is 0 Å². The average Bonchev–Trinajstić information content (AvgIpc) is 2.21. The Hall–Kier alpha value is -0.810. The van der Waals surface area contributed by atoms with Gasteiger partial charge in [-0.3, -0.25) is 0 Å². The first-order valence-electron chi connectivity index (χ1n) is 6.76. The lowest BCUT2D eigenvalue weighted by molar-refractivity contribution is -0.000567. The summed E-state index contributed by atoms with van der Waals surface area (Å²) in [5.41, 5.74) is -0.410. The summed E-state index contributed by atoms with van der Waals surface area (Å²) in [5.74, 6) is 0. The van der Waals surface area contributed by atoms with Crippen LogP contribution in [0.5, 0.6) is 0 Å². The molecular weight excluding hydrogens is 232 g/mol. The Kier molecular flexibility index (Phi) is 4.12. The molecule has 2 aliphatic rings. The first-order valence-corrected chi connectivity index (χ1v) is 6.76. The van der Waals surface area contributed by atoms with Crippen LogP contribution in [0.2, 0.25) is 0 Å². The average molecular weight is 256 g/mol. The smallest absolute Gasteiger partial charge is 0.410 e. The van der Waals surface area contributed by atoms with E-state index in [0.717, 1.165) is 32.7 Å². The number of amides is 1. The van der Waals surface area contributed by atoms with Crippen molar-refractivity contribution in [3.8, 4) is 0 Å². The maximum absolute atomic E-state index is 11.7. The minimum absolute atomic E-state index is 0.208. The standard InChI is InChI=1S/C13H24N2O3/c1-13(2,3)18-12(16)15-7-11(8-15)14-10-5-4-6-17-9-10/h10-11,14H,4-9H2,1-3H3. The van der Waals surface area contributed by atoms with E-state index in [4.69, 9.17) is 9.47 Å². The van der Waals surface area contributed by atoms with Crippen LogP contribution in [0.25, 0.3) is 0 Å². The van der Waals surface area contributed by atoms with Crippen LogP contribution < -0.4 is 5.32 Å². The molecule has 0 bridgehead atoms. The van der Waals surface area contributed by atoms with Crippen LogP contribution in [0, 0.1) is 0 Å². The van der Waals surface area contributed by atoms with E-state index in [1.54, 1.807) is 4.90 Å². The molecule has 0 spiro atoms. The number of carbonyl (C=O) groups excluding carboxylic acids is 1. The molecule has 2 aliphatic heterocycles. The van der Waals surface area contributed by atoms with Crippen LogP contribution in [-0.2, 0) is 9.47 Å². The Bertz CT molecular complexity index is 289. The molecule has 104 valence electrons. The van der Waals surface area contributed by atoms with Crippen molar-refractivity contribution in [2.75, 3.05) is 26.3 Å². The molecule has 1 atom stereocenters. The molecule has 0 aromatic rings. The lowest BCUT2D eigenvalue weighted by Crippen LogP contribution is -2.63. The summed E-state index contributed by atoms with van der Waals surface area (Å²) in [4.78, 5) is 13.5. The van der Waals surface area contributed by atoms with Crippen LogP contribution in [0.15, 0.2) is 0 Å².